The quantitative estimate of drug-likeness (QED) is 0.770. The first-order valence-electron chi connectivity index (χ1n) is 6.50. The molecule has 2 aromatic heterocycles. The highest BCUT2D eigenvalue weighted by Gasteiger charge is 2.10. The lowest BCUT2D eigenvalue weighted by Gasteiger charge is -2.12. The van der Waals surface area contributed by atoms with Crippen molar-refractivity contribution < 1.29 is 9.47 Å². The van der Waals surface area contributed by atoms with Gasteiger partial charge in [-0.1, -0.05) is 0 Å². The second-order valence-corrected chi connectivity index (χ2v) is 4.63. The largest absolute Gasteiger partial charge is 0.497 e. The number of rotatable bonds is 4. The molecule has 2 N–H and O–H groups in total. The maximum Gasteiger partial charge on any atom is 0.146 e. The Bertz CT molecular complexity index is 782. The van der Waals surface area contributed by atoms with E-state index in [1.165, 1.54) is 6.33 Å². The number of hydrogen-bond donors (Lipinski definition) is 2. The topological polar surface area (TPSA) is 72.1 Å². The standard InChI is InChI=1S/C15H16N4O2/c1-9-6-11-14(18-9)16-8-17-15(11)19-12-5-4-10(20-2)7-13(12)21-3/h4-8H,1-3H3,(H2,16,17,18,19). The summed E-state index contributed by atoms with van der Waals surface area (Å²) in [6.45, 7) is 1.99. The lowest BCUT2D eigenvalue weighted by molar-refractivity contribution is 0.395. The SMILES string of the molecule is COc1ccc(Nc2ncnc3[nH]c(C)cc23)c(OC)c1. The Hall–Kier alpha value is -2.76. The lowest BCUT2D eigenvalue weighted by Crippen LogP contribution is -1.98. The summed E-state index contributed by atoms with van der Waals surface area (Å²) in [5, 5.41) is 4.22. The van der Waals surface area contributed by atoms with Crippen molar-refractivity contribution in [2.24, 2.45) is 0 Å². The molecule has 3 aromatic rings. The summed E-state index contributed by atoms with van der Waals surface area (Å²) < 4.78 is 10.6. The Morgan fingerprint density at radius 1 is 1.10 bits per heavy atom. The number of nitrogens with zero attached hydrogens (tertiary/aromatic N) is 2. The number of aromatic amines is 1. The molecule has 2 heterocycles. The molecule has 6 heteroatoms. The molecule has 3 rings (SSSR count). The van der Waals surface area contributed by atoms with Gasteiger partial charge in [-0.05, 0) is 25.1 Å². The Balaban J connectivity index is 2.02. The third-order valence-electron chi connectivity index (χ3n) is 3.22. The molecule has 0 radical (unpaired) electrons. The zero-order valence-electron chi connectivity index (χ0n) is 12.1. The van der Waals surface area contributed by atoms with Gasteiger partial charge in [-0.15, -0.1) is 0 Å². The summed E-state index contributed by atoms with van der Waals surface area (Å²) in [7, 11) is 3.24. The molecule has 0 aliphatic rings. The zero-order valence-corrected chi connectivity index (χ0v) is 12.1. The molecule has 0 saturated carbocycles. The molecule has 0 spiro atoms. The van der Waals surface area contributed by atoms with Crippen molar-refractivity contribution in [1.82, 2.24) is 15.0 Å². The van der Waals surface area contributed by atoms with Crippen LogP contribution in [0.5, 0.6) is 11.5 Å². The molecule has 0 aliphatic heterocycles. The molecule has 6 nitrogen and oxygen atoms in total. The van der Waals surface area contributed by atoms with Crippen molar-refractivity contribution in [3.8, 4) is 11.5 Å². The van der Waals surface area contributed by atoms with Gasteiger partial charge in [0.1, 0.15) is 29.3 Å². The number of aryl methyl sites for hydroxylation is 1. The van der Waals surface area contributed by atoms with Crippen molar-refractivity contribution in [2.45, 2.75) is 6.92 Å². The van der Waals surface area contributed by atoms with E-state index in [2.05, 4.69) is 20.3 Å². The molecule has 0 atom stereocenters. The van der Waals surface area contributed by atoms with E-state index in [-0.39, 0.29) is 0 Å². The van der Waals surface area contributed by atoms with Gasteiger partial charge in [0, 0.05) is 11.8 Å². The van der Waals surface area contributed by atoms with E-state index in [1.807, 2.05) is 31.2 Å². The summed E-state index contributed by atoms with van der Waals surface area (Å²) in [5.41, 5.74) is 2.66. The van der Waals surface area contributed by atoms with Gasteiger partial charge in [0.25, 0.3) is 0 Å². The number of anilines is 2. The number of methoxy groups -OCH3 is 2. The van der Waals surface area contributed by atoms with Crippen LogP contribution in [0.4, 0.5) is 11.5 Å². The molecular weight excluding hydrogens is 268 g/mol. The smallest absolute Gasteiger partial charge is 0.146 e. The third kappa shape index (κ3) is 2.47. The number of hydrogen-bond acceptors (Lipinski definition) is 5. The van der Waals surface area contributed by atoms with Gasteiger partial charge in [0.05, 0.1) is 25.3 Å². The first kappa shape index (κ1) is 13.2. The number of H-pyrrole nitrogens is 1. The molecule has 0 amide bonds. The van der Waals surface area contributed by atoms with Crippen molar-refractivity contribution >= 4 is 22.5 Å². The average Bonchev–Trinajstić information content (AvgIpc) is 2.89. The lowest BCUT2D eigenvalue weighted by atomic mass is 10.2. The molecule has 0 saturated heterocycles. The summed E-state index contributed by atoms with van der Waals surface area (Å²) in [6.07, 6.45) is 1.52. The number of nitrogens with one attached hydrogen (secondary N) is 2. The second-order valence-electron chi connectivity index (χ2n) is 4.63. The highest BCUT2D eigenvalue weighted by Crippen LogP contribution is 2.32. The molecular formula is C15H16N4O2. The number of ether oxygens (including phenoxy) is 2. The van der Waals surface area contributed by atoms with E-state index in [4.69, 9.17) is 9.47 Å². The monoisotopic (exact) mass is 284 g/mol. The van der Waals surface area contributed by atoms with E-state index in [1.54, 1.807) is 14.2 Å². The van der Waals surface area contributed by atoms with Gasteiger partial charge in [0.2, 0.25) is 0 Å². The van der Waals surface area contributed by atoms with Gasteiger partial charge in [-0.3, -0.25) is 0 Å². The summed E-state index contributed by atoms with van der Waals surface area (Å²) in [6, 6.07) is 7.59. The van der Waals surface area contributed by atoms with Crippen LogP contribution in [0.15, 0.2) is 30.6 Å². The van der Waals surface area contributed by atoms with Crippen LogP contribution in [-0.2, 0) is 0 Å². The maximum absolute atomic E-state index is 5.38. The van der Waals surface area contributed by atoms with E-state index < -0.39 is 0 Å². The van der Waals surface area contributed by atoms with Crippen LogP contribution in [0.3, 0.4) is 0 Å². The van der Waals surface area contributed by atoms with Crippen LogP contribution >= 0.6 is 0 Å². The highest BCUT2D eigenvalue weighted by molar-refractivity contribution is 5.90. The van der Waals surface area contributed by atoms with E-state index in [0.717, 1.165) is 34.0 Å². The Labute approximate surface area is 122 Å². The average molecular weight is 284 g/mol. The van der Waals surface area contributed by atoms with Gasteiger partial charge in [0.15, 0.2) is 0 Å². The normalized spacial score (nSPS) is 10.6. The van der Waals surface area contributed by atoms with Crippen molar-refractivity contribution in [1.29, 1.82) is 0 Å². The molecule has 0 fully saturated rings. The molecule has 0 unspecified atom stereocenters. The third-order valence-corrected chi connectivity index (χ3v) is 3.22. The van der Waals surface area contributed by atoms with E-state index >= 15 is 0 Å². The summed E-state index contributed by atoms with van der Waals surface area (Å²) >= 11 is 0. The van der Waals surface area contributed by atoms with Crippen LogP contribution in [0, 0.1) is 6.92 Å². The van der Waals surface area contributed by atoms with E-state index in [0.29, 0.717) is 5.75 Å². The van der Waals surface area contributed by atoms with Crippen LogP contribution in [0.25, 0.3) is 11.0 Å². The van der Waals surface area contributed by atoms with Gasteiger partial charge >= 0.3 is 0 Å². The molecule has 1 aromatic carbocycles. The van der Waals surface area contributed by atoms with Crippen LogP contribution in [0.1, 0.15) is 5.69 Å². The fourth-order valence-electron chi connectivity index (χ4n) is 2.20. The van der Waals surface area contributed by atoms with Crippen molar-refractivity contribution in [3.63, 3.8) is 0 Å². The van der Waals surface area contributed by atoms with Gasteiger partial charge < -0.3 is 19.8 Å². The van der Waals surface area contributed by atoms with Gasteiger partial charge in [-0.25, -0.2) is 9.97 Å². The Morgan fingerprint density at radius 3 is 2.71 bits per heavy atom. The number of benzene rings is 1. The molecule has 21 heavy (non-hydrogen) atoms. The fraction of sp³-hybridized carbons (Fsp3) is 0.200. The maximum atomic E-state index is 5.38. The Kier molecular flexibility index (Phi) is 3.35. The minimum atomic E-state index is 0.688. The summed E-state index contributed by atoms with van der Waals surface area (Å²) in [4.78, 5) is 11.7. The van der Waals surface area contributed by atoms with E-state index in [9.17, 15) is 0 Å². The summed E-state index contributed by atoms with van der Waals surface area (Å²) in [5.74, 6) is 2.16. The Morgan fingerprint density at radius 2 is 1.95 bits per heavy atom. The molecule has 108 valence electrons. The minimum Gasteiger partial charge on any atom is -0.497 e. The minimum absolute atomic E-state index is 0.688. The second kappa shape index (κ2) is 5.32. The van der Waals surface area contributed by atoms with Crippen molar-refractivity contribution in [2.75, 3.05) is 19.5 Å². The molecule has 0 aliphatic carbocycles. The highest BCUT2D eigenvalue weighted by atomic mass is 16.5. The number of aromatic nitrogens is 3. The number of fused-ring (bicyclic) bond motifs is 1. The van der Waals surface area contributed by atoms with Crippen LogP contribution < -0.4 is 14.8 Å². The predicted molar refractivity (Wildman–Crippen MR) is 81.5 cm³/mol. The van der Waals surface area contributed by atoms with Crippen LogP contribution in [-0.4, -0.2) is 29.2 Å². The van der Waals surface area contributed by atoms with Crippen LogP contribution in [0.2, 0.25) is 0 Å². The predicted octanol–water partition coefficient (Wildman–Crippen LogP) is 3.03. The zero-order chi connectivity index (χ0) is 14.8. The fourth-order valence-corrected chi connectivity index (χ4v) is 2.20. The first-order valence-corrected chi connectivity index (χ1v) is 6.50. The van der Waals surface area contributed by atoms with Crippen molar-refractivity contribution in [3.05, 3.63) is 36.3 Å². The first-order chi connectivity index (χ1) is 10.2. The van der Waals surface area contributed by atoms with Gasteiger partial charge in [-0.2, -0.15) is 0 Å². The molecule has 0 bridgehead atoms.